The molecule has 0 saturated heterocycles. The van der Waals surface area contributed by atoms with Gasteiger partial charge in [0.25, 0.3) is 5.69 Å². The van der Waals surface area contributed by atoms with Gasteiger partial charge in [0.2, 0.25) is 0 Å². The van der Waals surface area contributed by atoms with Crippen molar-refractivity contribution in [1.82, 2.24) is 4.90 Å². The maximum absolute atomic E-state index is 11.0. The number of anilines is 1. The molecule has 1 aliphatic heterocycles. The molecule has 36 heavy (non-hydrogen) atoms. The zero-order valence-electron chi connectivity index (χ0n) is 20.2. The number of nitrogens with one attached hydrogen (secondary N) is 1. The van der Waals surface area contributed by atoms with E-state index in [9.17, 15) is 10.1 Å². The van der Waals surface area contributed by atoms with Crippen molar-refractivity contribution in [1.29, 1.82) is 0 Å². The molecule has 1 heterocycles. The summed E-state index contributed by atoms with van der Waals surface area (Å²) in [6, 6.07) is 17.3. The summed E-state index contributed by atoms with van der Waals surface area (Å²) in [4.78, 5) is 12.6. The maximum Gasteiger partial charge on any atom is 0.269 e. The third kappa shape index (κ3) is 5.44. The minimum Gasteiger partial charge on any atom is -0.497 e. The van der Waals surface area contributed by atoms with E-state index < -0.39 is 4.92 Å². The Bertz CT molecular complexity index is 1230. The standard InChI is InChI=1S/C26H27N3O6S/c1-32-20-8-4-18(5-9-20)27-26(36)28-13-12-17-14-24(33-2)25(34-3)15-22(17)23(28)16-35-21-10-6-19(7-11-21)29(30)31/h4-11,14-15,23H,12-13,16H2,1-3H3,(H,27,36). The Morgan fingerprint density at radius 1 is 1.00 bits per heavy atom. The Balaban J connectivity index is 1.61. The van der Waals surface area contributed by atoms with Crippen molar-refractivity contribution in [3.05, 3.63) is 81.9 Å². The normalized spacial score (nSPS) is 14.4. The van der Waals surface area contributed by atoms with Crippen LogP contribution in [0.3, 0.4) is 0 Å². The molecule has 10 heteroatoms. The SMILES string of the molecule is COc1ccc(NC(=S)N2CCc3cc(OC)c(OC)cc3C2COc2ccc([N+](=O)[O-])cc2)cc1. The average Bonchev–Trinajstić information content (AvgIpc) is 2.91. The summed E-state index contributed by atoms with van der Waals surface area (Å²) in [5.74, 6) is 2.57. The molecule has 9 nitrogen and oxygen atoms in total. The molecule has 3 aromatic rings. The van der Waals surface area contributed by atoms with E-state index in [1.54, 1.807) is 33.5 Å². The number of hydrogen-bond acceptors (Lipinski definition) is 7. The van der Waals surface area contributed by atoms with Gasteiger partial charge in [-0.1, -0.05) is 0 Å². The topological polar surface area (TPSA) is 95.3 Å². The predicted octanol–water partition coefficient (Wildman–Crippen LogP) is 5.00. The van der Waals surface area contributed by atoms with Gasteiger partial charge in [-0.15, -0.1) is 0 Å². The molecule has 0 aromatic heterocycles. The number of non-ortho nitro benzene ring substituents is 1. The Hall–Kier alpha value is -4.05. The van der Waals surface area contributed by atoms with E-state index in [4.69, 9.17) is 31.2 Å². The largest absolute Gasteiger partial charge is 0.497 e. The summed E-state index contributed by atoms with van der Waals surface area (Å²) in [6.07, 6.45) is 0.758. The summed E-state index contributed by atoms with van der Waals surface area (Å²) in [5.41, 5.74) is 2.98. The van der Waals surface area contributed by atoms with Gasteiger partial charge in [-0.25, -0.2) is 0 Å². The molecule has 1 unspecified atom stereocenters. The van der Waals surface area contributed by atoms with Crippen molar-refractivity contribution in [2.45, 2.75) is 12.5 Å². The van der Waals surface area contributed by atoms with Gasteiger partial charge in [-0.2, -0.15) is 0 Å². The first kappa shape index (κ1) is 25.1. The number of fused-ring (bicyclic) bond motifs is 1. The number of nitro groups is 1. The quantitative estimate of drug-likeness (QED) is 0.256. The second kappa shape index (κ2) is 11.1. The zero-order chi connectivity index (χ0) is 25.7. The fourth-order valence-corrected chi connectivity index (χ4v) is 4.50. The van der Waals surface area contributed by atoms with Crippen molar-refractivity contribution < 1.29 is 23.9 Å². The highest BCUT2D eigenvalue weighted by molar-refractivity contribution is 7.80. The van der Waals surface area contributed by atoms with E-state index in [1.807, 2.05) is 36.4 Å². The van der Waals surface area contributed by atoms with Crippen LogP contribution in [0.25, 0.3) is 0 Å². The Labute approximate surface area is 214 Å². The monoisotopic (exact) mass is 509 g/mol. The highest BCUT2D eigenvalue weighted by Gasteiger charge is 2.31. The Kier molecular flexibility index (Phi) is 7.74. The van der Waals surface area contributed by atoms with Gasteiger partial charge in [-0.05, 0) is 78.3 Å². The van der Waals surface area contributed by atoms with Gasteiger partial charge >= 0.3 is 0 Å². The van der Waals surface area contributed by atoms with Crippen LogP contribution in [0.4, 0.5) is 11.4 Å². The van der Waals surface area contributed by atoms with Crippen LogP contribution in [0.2, 0.25) is 0 Å². The molecule has 4 rings (SSSR count). The van der Waals surface area contributed by atoms with Crippen molar-refractivity contribution in [2.75, 3.05) is 39.8 Å². The van der Waals surface area contributed by atoms with Crippen molar-refractivity contribution in [2.24, 2.45) is 0 Å². The van der Waals surface area contributed by atoms with Crippen LogP contribution >= 0.6 is 12.2 Å². The fraction of sp³-hybridized carbons (Fsp3) is 0.269. The second-order valence-corrected chi connectivity index (χ2v) is 8.47. The maximum atomic E-state index is 11.0. The number of rotatable bonds is 8. The lowest BCUT2D eigenvalue weighted by Crippen LogP contribution is -2.44. The molecule has 0 fully saturated rings. The van der Waals surface area contributed by atoms with Crippen molar-refractivity contribution >= 4 is 28.7 Å². The summed E-state index contributed by atoms with van der Waals surface area (Å²) in [6.45, 7) is 0.934. The smallest absolute Gasteiger partial charge is 0.269 e. The molecule has 1 N–H and O–H groups in total. The predicted molar refractivity (Wildman–Crippen MR) is 141 cm³/mol. The first-order valence-corrected chi connectivity index (χ1v) is 11.7. The molecule has 0 radical (unpaired) electrons. The second-order valence-electron chi connectivity index (χ2n) is 8.09. The Morgan fingerprint density at radius 2 is 1.64 bits per heavy atom. The molecule has 0 aliphatic carbocycles. The molecule has 0 saturated carbocycles. The van der Waals surface area contributed by atoms with Crippen LogP contribution in [0.5, 0.6) is 23.0 Å². The van der Waals surface area contributed by atoms with E-state index in [1.165, 1.54) is 12.1 Å². The third-order valence-electron chi connectivity index (χ3n) is 6.06. The van der Waals surface area contributed by atoms with Gasteiger partial charge in [0.15, 0.2) is 16.6 Å². The summed E-state index contributed by atoms with van der Waals surface area (Å²) < 4.78 is 22.4. The van der Waals surface area contributed by atoms with Crippen LogP contribution in [-0.4, -0.2) is 49.4 Å². The lowest BCUT2D eigenvalue weighted by molar-refractivity contribution is -0.384. The molecule has 3 aromatic carbocycles. The number of methoxy groups -OCH3 is 3. The number of benzene rings is 3. The third-order valence-corrected chi connectivity index (χ3v) is 6.40. The van der Waals surface area contributed by atoms with Crippen LogP contribution in [0.1, 0.15) is 17.2 Å². The Morgan fingerprint density at radius 3 is 2.25 bits per heavy atom. The van der Waals surface area contributed by atoms with E-state index in [2.05, 4.69) is 10.2 Å². The summed E-state index contributed by atoms with van der Waals surface area (Å²) >= 11 is 5.81. The molecule has 1 aliphatic rings. The molecule has 0 amide bonds. The molecular weight excluding hydrogens is 482 g/mol. The van der Waals surface area contributed by atoms with Crippen molar-refractivity contribution in [3.63, 3.8) is 0 Å². The van der Waals surface area contributed by atoms with Crippen molar-refractivity contribution in [3.8, 4) is 23.0 Å². The average molecular weight is 510 g/mol. The molecule has 0 bridgehead atoms. The lowest BCUT2D eigenvalue weighted by atomic mass is 9.92. The van der Waals surface area contributed by atoms with Crippen LogP contribution in [0.15, 0.2) is 60.7 Å². The van der Waals surface area contributed by atoms with Gasteiger partial charge < -0.3 is 29.2 Å². The van der Waals surface area contributed by atoms with E-state index in [-0.39, 0.29) is 18.3 Å². The van der Waals surface area contributed by atoms with Gasteiger partial charge in [0.1, 0.15) is 18.1 Å². The zero-order valence-corrected chi connectivity index (χ0v) is 21.0. The first-order chi connectivity index (χ1) is 17.4. The number of thiocarbonyl (C=S) groups is 1. The van der Waals surface area contributed by atoms with Gasteiger partial charge in [0.05, 0.1) is 32.3 Å². The molecule has 1 atom stereocenters. The highest BCUT2D eigenvalue weighted by Crippen LogP contribution is 2.39. The van der Waals surface area contributed by atoms with E-state index in [0.29, 0.717) is 28.9 Å². The van der Waals surface area contributed by atoms with Crippen LogP contribution in [-0.2, 0) is 6.42 Å². The number of ether oxygens (including phenoxy) is 4. The number of hydrogen-bond donors (Lipinski definition) is 1. The lowest BCUT2D eigenvalue weighted by Gasteiger charge is -2.39. The van der Waals surface area contributed by atoms with Gasteiger partial charge in [-0.3, -0.25) is 10.1 Å². The minimum atomic E-state index is -0.439. The molecular formula is C26H27N3O6S. The van der Waals surface area contributed by atoms with E-state index >= 15 is 0 Å². The molecule has 188 valence electrons. The van der Waals surface area contributed by atoms with Crippen LogP contribution < -0.4 is 24.3 Å². The number of nitrogens with zero attached hydrogens (tertiary/aromatic N) is 2. The first-order valence-electron chi connectivity index (χ1n) is 11.3. The molecule has 0 spiro atoms. The highest BCUT2D eigenvalue weighted by atomic mass is 32.1. The fourth-order valence-electron chi connectivity index (χ4n) is 4.16. The van der Waals surface area contributed by atoms with E-state index in [0.717, 1.165) is 29.0 Å². The number of nitro benzene ring substituents is 1. The summed E-state index contributed by atoms with van der Waals surface area (Å²) in [7, 11) is 4.84. The van der Waals surface area contributed by atoms with Gasteiger partial charge in [0, 0.05) is 24.4 Å². The van der Waals surface area contributed by atoms with Crippen LogP contribution in [0, 0.1) is 10.1 Å². The minimum absolute atomic E-state index is 0.00805. The summed E-state index contributed by atoms with van der Waals surface area (Å²) in [5, 5.41) is 14.8.